The molecule has 3 aromatic rings. The zero-order chi connectivity index (χ0) is 17.9. The minimum absolute atomic E-state index is 0.153. The summed E-state index contributed by atoms with van der Waals surface area (Å²) in [5.41, 5.74) is 3.86. The lowest BCUT2D eigenvalue weighted by molar-refractivity contribution is 0.340. The average molecular weight is 348 g/mol. The van der Waals surface area contributed by atoms with E-state index in [4.69, 9.17) is 4.74 Å². The molecule has 1 aromatic heterocycles. The molecule has 5 nitrogen and oxygen atoms in total. The highest BCUT2D eigenvalue weighted by atomic mass is 16.5. The molecule has 0 bridgehead atoms. The Balaban J connectivity index is 1.63. The van der Waals surface area contributed by atoms with Gasteiger partial charge in [-0.1, -0.05) is 43.3 Å². The summed E-state index contributed by atoms with van der Waals surface area (Å²) < 4.78 is 7.55. The predicted octanol–water partition coefficient (Wildman–Crippen LogP) is 4.39. The Morgan fingerprint density at radius 3 is 2.46 bits per heavy atom. The summed E-state index contributed by atoms with van der Waals surface area (Å²) in [6.45, 7) is 4.85. The van der Waals surface area contributed by atoms with Gasteiger partial charge in [-0.2, -0.15) is 10.1 Å². The Kier molecular flexibility index (Phi) is 4.61. The fourth-order valence-corrected chi connectivity index (χ4v) is 3.55. The van der Waals surface area contributed by atoms with E-state index in [-0.39, 0.29) is 12.1 Å². The van der Waals surface area contributed by atoms with E-state index in [1.807, 2.05) is 23.7 Å². The van der Waals surface area contributed by atoms with Gasteiger partial charge in [0.25, 0.3) is 0 Å². The Hall–Kier alpha value is -2.82. The number of nitrogens with one attached hydrogen (secondary N) is 1. The van der Waals surface area contributed by atoms with Crippen molar-refractivity contribution in [3.8, 4) is 5.75 Å². The van der Waals surface area contributed by atoms with E-state index in [1.54, 1.807) is 6.33 Å². The van der Waals surface area contributed by atoms with Gasteiger partial charge in [0.15, 0.2) is 0 Å². The molecule has 0 spiro atoms. The molecular weight excluding hydrogens is 324 g/mol. The number of aromatic nitrogens is 3. The number of aryl methyl sites for hydroxylation is 1. The molecule has 1 aliphatic rings. The molecule has 26 heavy (non-hydrogen) atoms. The number of fused-ring (bicyclic) bond motifs is 1. The second-order valence-electron chi connectivity index (χ2n) is 6.57. The lowest BCUT2D eigenvalue weighted by Crippen LogP contribution is -2.28. The van der Waals surface area contributed by atoms with Crippen LogP contribution in [0.2, 0.25) is 0 Å². The average Bonchev–Trinajstić information content (AvgIpc) is 3.17. The van der Waals surface area contributed by atoms with Crippen molar-refractivity contribution in [1.82, 2.24) is 14.8 Å². The van der Waals surface area contributed by atoms with E-state index in [1.165, 1.54) is 16.7 Å². The smallest absolute Gasteiger partial charge is 0.222 e. The van der Waals surface area contributed by atoms with Crippen molar-refractivity contribution in [3.63, 3.8) is 0 Å². The minimum atomic E-state index is 0.153. The highest BCUT2D eigenvalue weighted by Gasteiger charge is 2.29. The van der Waals surface area contributed by atoms with Crippen molar-refractivity contribution >= 4 is 5.95 Å². The summed E-state index contributed by atoms with van der Waals surface area (Å²) in [5.74, 6) is 1.72. The maximum atomic E-state index is 5.57. The summed E-state index contributed by atoms with van der Waals surface area (Å²) in [6.07, 6.45) is 3.60. The van der Waals surface area contributed by atoms with E-state index < -0.39 is 0 Å². The zero-order valence-electron chi connectivity index (χ0n) is 15.2. The van der Waals surface area contributed by atoms with Gasteiger partial charge < -0.3 is 10.1 Å². The molecule has 0 aliphatic carbocycles. The molecule has 0 unspecified atom stereocenters. The first-order chi connectivity index (χ1) is 12.8. The third kappa shape index (κ3) is 3.17. The maximum Gasteiger partial charge on any atom is 0.222 e. The van der Waals surface area contributed by atoms with Crippen molar-refractivity contribution in [2.45, 2.75) is 38.8 Å². The lowest BCUT2D eigenvalue weighted by atomic mass is 9.93. The van der Waals surface area contributed by atoms with Crippen LogP contribution in [0.4, 0.5) is 5.95 Å². The highest BCUT2D eigenvalue weighted by Crippen LogP contribution is 2.37. The van der Waals surface area contributed by atoms with Gasteiger partial charge >= 0.3 is 0 Å². The van der Waals surface area contributed by atoms with Gasteiger partial charge in [0.1, 0.15) is 12.1 Å². The minimum Gasteiger partial charge on any atom is -0.494 e. The number of anilines is 1. The van der Waals surface area contributed by atoms with Crippen LogP contribution >= 0.6 is 0 Å². The van der Waals surface area contributed by atoms with Gasteiger partial charge in [0.05, 0.1) is 18.7 Å². The van der Waals surface area contributed by atoms with Gasteiger partial charge in [-0.05, 0) is 48.6 Å². The van der Waals surface area contributed by atoms with E-state index in [0.29, 0.717) is 6.61 Å². The molecule has 4 rings (SSSR count). The van der Waals surface area contributed by atoms with Gasteiger partial charge in [-0.15, -0.1) is 0 Å². The van der Waals surface area contributed by atoms with E-state index in [9.17, 15) is 0 Å². The number of hydrogen-bond acceptors (Lipinski definition) is 4. The molecule has 0 radical (unpaired) electrons. The third-order valence-corrected chi connectivity index (χ3v) is 5.00. The summed E-state index contributed by atoms with van der Waals surface area (Å²) in [6, 6.07) is 17.5. The van der Waals surface area contributed by atoms with Crippen molar-refractivity contribution in [2.75, 3.05) is 11.9 Å². The monoisotopic (exact) mass is 348 g/mol. The third-order valence-electron chi connectivity index (χ3n) is 5.00. The molecule has 134 valence electrons. The SMILES string of the molecule is CCOc1ccc([C@H]2C[C@@H](c3ccc(CC)cc3)Nc3ncnn32)cc1. The normalized spacial score (nSPS) is 18.8. The van der Waals surface area contributed by atoms with Crippen molar-refractivity contribution in [1.29, 1.82) is 0 Å². The summed E-state index contributed by atoms with van der Waals surface area (Å²) in [4.78, 5) is 4.41. The van der Waals surface area contributed by atoms with Crippen LogP contribution in [0.15, 0.2) is 54.9 Å². The maximum absolute atomic E-state index is 5.57. The van der Waals surface area contributed by atoms with Crippen LogP contribution in [-0.4, -0.2) is 21.4 Å². The largest absolute Gasteiger partial charge is 0.494 e. The zero-order valence-corrected chi connectivity index (χ0v) is 15.2. The van der Waals surface area contributed by atoms with Crippen LogP contribution in [0.5, 0.6) is 5.75 Å². The van der Waals surface area contributed by atoms with Crippen molar-refractivity contribution in [3.05, 3.63) is 71.5 Å². The Labute approximate surface area is 154 Å². The second-order valence-corrected chi connectivity index (χ2v) is 6.57. The first kappa shape index (κ1) is 16.6. The second kappa shape index (κ2) is 7.20. The van der Waals surface area contributed by atoms with E-state index in [2.05, 4.69) is 58.7 Å². The molecule has 2 atom stereocenters. The van der Waals surface area contributed by atoms with E-state index in [0.717, 1.165) is 24.5 Å². The molecule has 0 amide bonds. The number of benzene rings is 2. The Bertz CT molecular complexity index is 854. The Morgan fingerprint density at radius 2 is 1.77 bits per heavy atom. The molecule has 0 fully saturated rings. The summed E-state index contributed by atoms with van der Waals surface area (Å²) >= 11 is 0. The first-order valence-electron chi connectivity index (χ1n) is 9.26. The van der Waals surface area contributed by atoms with Crippen LogP contribution < -0.4 is 10.1 Å². The Morgan fingerprint density at radius 1 is 1.04 bits per heavy atom. The first-order valence-corrected chi connectivity index (χ1v) is 9.26. The van der Waals surface area contributed by atoms with E-state index >= 15 is 0 Å². The quantitative estimate of drug-likeness (QED) is 0.743. The number of hydrogen-bond donors (Lipinski definition) is 1. The topological polar surface area (TPSA) is 52.0 Å². The number of rotatable bonds is 5. The van der Waals surface area contributed by atoms with Gasteiger partial charge in [-0.25, -0.2) is 4.68 Å². The molecule has 2 heterocycles. The van der Waals surface area contributed by atoms with Gasteiger partial charge in [0.2, 0.25) is 5.95 Å². The van der Waals surface area contributed by atoms with Crippen LogP contribution in [-0.2, 0) is 6.42 Å². The molecule has 5 heteroatoms. The lowest BCUT2D eigenvalue weighted by Gasteiger charge is -2.32. The number of nitrogens with zero attached hydrogens (tertiary/aromatic N) is 3. The fraction of sp³-hybridized carbons (Fsp3) is 0.333. The fourth-order valence-electron chi connectivity index (χ4n) is 3.55. The standard InChI is InChI=1S/C21H24N4O/c1-3-15-5-7-16(8-6-15)19-13-20(25-21(24-19)22-14-23-25)17-9-11-18(12-10-17)26-4-2/h5-12,14,19-20H,3-4,13H2,1-2H3,(H,22,23,24)/t19-,20+/m0/s1. The summed E-state index contributed by atoms with van der Waals surface area (Å²) in [7, 11) is 0. The highest BCUT2D eigenvalue weighted by molar-refractivity contribution is 5.39. The molecule has 2 aromatic carbocycles. The van der Waals surface area contributed by atoms with Crippen molar-refractivity contribution < 1.29 is 4.74 Å². The number of ether oxygens (including phenoxy) is 1. The van der Waals surface area contributed by atoms with Crippen LogP contribution in [0.3, 0.4) is 0 Å². The molecule has 1 aliphatic heterocycles. The molecule has 0 saturated heterocycles. The predicted molar refractivity (Wildman–Crippen MR) is 103 cm³/mol. The molecule has 1 N–H and O–H groups in total. The van der Waals surface area contributed by atoms with Gasteiger partial charge in [-0.3, -0.25) is 0 Å². The molecular formula is C21H24N4O. The van der Waals surface area contributed by atoms with Crippen LogP contribution in [0, 0.1) is 0 Å². The van der Waals surface area contributed by atoms with Crippen LogP contribution in [0.25, 0.3) is 0 Å². The van der Waals surface area contributed by atoms with Crippen molar-refractivity contribution in [2.24, 2.45) is 0 Å². The summed E-state index contributed by atoms with van der Waals surface area (Å²) in [5, 5.41) is 7.97. The van der Waals surface area contributed by atoms with Gasteiger partial charge in [0, 0.05) is 0 Å². The van der Waals surface area contributed by atoms with Crippen LogP contribution in [0.1, 0.15) is 49.0 Å². The molecule has 0 saturated carbocycles.